The standard InChI is InChI=1S/C13H26N2O2/c1-13(2,3)17-12(16)15-9-4-5-11(6-8-14)7-10-15/h11H,4-10,14H2,1-3H3/t11-/m0/s1. The third-order valence-corrected chi connectivity index (χ3v) is 3.07. The molecule has 1 heterocycles. The molecule has 0 aromatic rings. The van der Waals surface area contributed by atoms with Gasteiger partial charge >= 0.3 is 6.09 Å². The summed E-state index contributed by atoms with van der Waals surface area (Å²) in [4.78, 5) is 13.7. The largest absolute Gasteiger partial charge is 0.444 e. The molecule has 1 saturated heterocycles. The molecule has 1 amide bonds. The molecule has 1 rings (SSSR count). The van der Waals surface area contributed by atoms with Crippen LogP contribution < -0.4 is 5.73 Å². The topological polar surface area (TPSA) is 55.6 Å². The third kappa shape index (κ3) is 5.39. The zero-order valence-corrected chi connectivity index (χ0v) is 11.4. The summed E-state index contributed by atoms with van der Waals surface area (Å²) < 4.78 is 5.39. The predicted molar refractivity (Wildman–Crippen MR) is 68.8 cm³/mol. The van der Waals surface area contributed by atoms with E-state index >= 15 is 0 Å². The molecule has 0 aliphatic carbocycles. The van der Waals surface area contributed by atoms with E-state index in [1.165, 1.54) is 6.42 Å². The average molecular weight is 242 g/mol. The molecule has 1 fully saturated rings. The SMILES string of the molecule is CC(C)(C)OC(=O)N1CCC[C@@H](CCN)CC1. The first-order chi connectivity index (χ1) is 7.92. The first kappa shape index (κ1) is 14.3. The minimum atomic E-state index is -0.403. The van der Waals surface area contributed by atoms with Crippen molar-refractivity contribution in [2.24, 2.45) is 11.7 Å². The fraction of sp³-hybridized carbons (Fsp3) is 0.923. The number of rotatable bonds is 2. The summed E-state index contributed by atoms with van der Waals surface area (Å²) in [6.07, 6.45) is 4.19. The molecule has 0 unspecified atom stereocenters. The van der Waals surface area contributed by atoms with E-state index in [1.807, 2.05) is 25.7 Å². The fourth-order valence-electron chi connectivity index (χ4n) is 2.20. The second-order valence-electron chi connectivity index (χ2n) is 5.84. The smallest absolute Gasteiger partial charge is 0.410 e. The molecule has 2 N–H and O–H groups in total. The molecule has 0 saturated carbocycles. The van der Waals surface area contributed by atoms with Crippen molar-refractivity contribution >= 4 is 6.09 Å². The van der Waals surface area contributed by atoms with Crippen LogP contribution in [0, 0.1) is 5.92 Å². The normalized spacial score (nSPS) is 22.1. The van der Waals surface area contributed by atoms with Gasteiger partial charge in [-0.1, -0.05) is 0 Å². The van der Waals surface area contributed by atoms with Gasteiger partial charge in [0.2, 0.25) is 0 Å². The Labute approximate surface area is 104 Å². The van der Waals surface area contributed by atoms with Crippen LogP contribution in [0.4, 0.5) is 4.79 Å². The molecule has 100 valence electrons. The van der Waals surface area contributed by atoms with Crippen LogP contribution in [0.2, 0.25) is 0 Å². The van der Waals surface area contributed by atoms with Crippen molar-refractivity contribution in [3.05, 3.63) is 0 Å². The molecule has 1 aliphatic heterocycles. The highest BCUT2D eigenvalue weighted by atomic mass is 16.6. The van der Waals surface area contributed by atoms with Crippen LogP contribution >= 0.6 is 0 Å². The lowest BCUT2D eigenvalue weighted by Gasteiger charge is -2.26. The number of carbonyl (C=O) groups excluding carboxylic acids is 1. The number of nitrogens with zero attached hydrogens (tertiary/aromatic N) is 1. The molecule has 0 bridgehead atoms. The summed E-state index contributed by atoms with van der Waals surface area (Å²) in [6.45, 7) is 8.08. The highest BCUT2D eigenvalue weighted by Gasteiger charge is 2.24. The molecule has 1 aliphatic rings. The van der Waals surface area contributed by atoms with Crippen molar-refractivity contribution < 1.29 is 9.53 Å². The zero-order chi connectivity index (χ0) is 12.9. The number of ether oxygens (including phenoxy) is 1. The molecule has 0 aromatic heterocycles. The summed E-state index contributed by atoms with van der Waals surface area (Å²) in [7, 11) is 0. The molecule has 4 heteroatoms. The predicted octanol–water partition coefficient (Wildman–Crippen LogP) is 2.37. The minimum Gasteiger partial charge on any atom is -0.444 e. The summed E-state index contributed by atoms with van der Waals surface area (Å²) in [5.74, 6) is 0.674. The lowest BCUT2D eigenvalue weighted by Crippen LogP contribution is -2.37. The van der Waals surface area contributed by atoms with Gasteiger partial charge in [-0.05, 0) is 58.9 Å². The molecule has 4 nitrogen and oxygen atoms in total. The first-order valence-electron chi connectivity index (χ1n) is 6.60. The molecule has 17 heavy (non-hydrogen) atoms. The fourth-order valence-corrected chi connectivity index (χ4v) is 2.20. The van der Waals surface area contributed by atoms with Crippen LogP contribution in [0.5, 0.6) is 0 Å². The van der Waals surface area contributed by atoms with Gasteiger partial charge in [0.25, 0.3) is 0 Å². The van der Waals surface area contributed by atoms with Gasteiger partial charge in [-0.3, -0.25) is 0 Å². The van der Waals surface area contributed by atoms with Gasteiger partial charge in [0, 0.05) is 13.1 Å². The second kappa shape index (κ2) is 6.24. The van der Waals surface area contributed by atoms with E-state index in [9.17, 15) is 4.79 Å². The van der Waals surface area contributed by atoms with Crippen molar-refractivity contribution in [3.8, 4) is 0 Å². The van der Waals surface area contributed by atoms with E-state index in [0.717, 1.165) is 38.9 Å². The Morgan fingerprint density at radius 3 is 2.65 bits per heavy atom. The van der Waals surface area contributed by atoms with Crippen LogP contribution in [0.25, 0.3) is 0 Å². The van der Waals surface area contributed by atoms with Crippen molar-refractivity contribution in [2.45, 2.75) is 52.1 Å². The highest BCUT2D eigenvalue weighted by Crippen LogP contribution is 2.21. The first-order valence-corrected chi connectivity index (χ1v) is 6.60. The van der Waals surface area contributed by atoms with Gasteiger partial charge in [-0.2, -0.15) is 0 Å². The number of hydrogen-bond donors (Lipinski definition) is 1. The average Bonchev–Trinajstić information content (AvgIpc) is 2.41. The number of carbonyl (C=O) groups is 1. The maximum absolute atomic E-state index is 11.9. The lowest BCUT2D eigenvalue weighted by molar-refractivity contribution is 0.0255. The molecule has 1 atom stereocenters. The molecular weight excluding hydrogens is 216 g/mol. The van der Waals surface area contributed by atoms with Crippen molar-refractivity contribution in [2.75, 3.05) is 19.6 Å². The third-order valence-electron chi connectivity index (χ3n) is 3.07. The molecule has 0 spiro atoms. The monoisotopic (exact) mass is 242 g/mol. The van der Waals surface area contributed by atoms with Gasteiger partial charge in [-0.15, -0.1) is 0 Å². The van der Waals surface area contributed by atoms with Crippen LogP contribution in [-0.2, 0) is 4.74 Å². The maximum atomic E-state index is 11.9. The quantitative estimate of drug-likeness (QED) is 0.808. The lowest BCUT2D eigenvalue weighted by atomic mass is 9.97. The Bertz CT molecular complexity index is 248. The Morgan fingerprint density at radius 1 is 1.35 bits per heavy atom. The van der Waals surface area contributed by atoms with Gasteiger partial charge in [0.1, 0.15) is 5.60 Å². The van der Waals surface area contributed by atoms with E-state index in [4.69, 9.17) is 10.5 Å². The van der Waals surface area contributed by atoms with Crippen LogP contribution in [0.1, 0.15) is 46.5 Å². The number of nitrogens with two attached hydrogens (primary N) is 1. The summed E-state index contributed by atoms with van der Waals surface area (Å²) >= 11 is 0. The molecule has 0 radical (unpaired) electrons. The maximum Gasteiger partial charge on any atom is 0.410 e. The van der Waals surface area contributed by atoms with Gasteiger partial charge in [0.05, 0.1) is 0 Å². The Morgan fingerprint density at radius 2 is 2.06 bits per heavy atom. The van der Waals surface area contributed by atoms with Crippen molar-refractivity contribution in [3.63, 3.8) is 0 Å². The second-order valence-corrected chi connectivity index (χ2v) is 5.84. The minimum absolute atomic E-state index is 0.175. The van der Waals surface area contributed by atoms with Gasteiger partial charge < -0.3 is 15.4 Å². The Balaban J connectivity index is 2.43. The van der Waals surface area contributed by atoms with Crippen molar-refractivity contribution in [1.29, 1.82) is 0 Å². The van der Waals surface area contributed by atoms with E-state index in [-0.39, 0.29) is 6.09 Å². The van der Waals surface area contributed by atoms with Crippen molar-refractivity contribution in [1.82, 2.24) is 4.90 Å². The Hall–Kier alpha value is -0.770. The summed E-state index contributed by atoms with van der Waals surface area (Å²) in [6, 6.07) is 0. The number of amides is 1. The van der Waals surface area contributed by atoms with Crippen LogP contribution in [-0.4, -0.2) is 36.2 Å². The van der Waals surface area contributed by atoms with Crippen LogP contribution in [0.3, 0.4) is 0 Å². The summed E-state index contributed by atoms with van der Waals surface area (Å²) in [5, 5.41) is 0. The van der Waals surface area contributed by atoms with E-state index in [2.05, 4.69) is 0 Å². The zero-order valence-electron chi connectivity index (χ0n) is 11.4. The van der Waals surface area contributed by atoms with Gasteiger partial charge in [-0.25, -0.2) is 4.79 Å². The van der Waals surface area contributed by atoms with E-state index < -0.39 is 5.60 Å². The molecule has 0 aromatic carbocycles. The Kier molecular flexibility index (Phi) is 5.25. The highest BCUT2D eigenvalue weighted by molar-refractivity contribution is 5.68. The molecular formula is C13H26N2O2. The van der Waals surface area contributed by atoms with E-state index in [0.29, 0.717) is 5.92 Å². The van der Waals surface area contributed by atoms with Gasteiger partial charge in [0.15, 0.2) is 0 Å². The number of hydrogen-bond acceptors (Lipinski definition) is 3. The van der Waals surface area contributed by atoms with Crippen LogP contribution in [0.15, 0.2) is 0 Å². The van der Waals surface area contributed by atoms with E-state index in [1.54, 1.807) is 0 Å². The summed E-state index contributed by atoms with van der Waals surface area (Å²) in [5.41, 5.74) is 5.18. The number of likely N-dealkylation sites (tertiary alicyclic amines) is 1.